The van der Waals surface area contributed by atoms with E-state index in [4.69, 9.17) is 5.50 Å². The lowest BCUT2D eigenvalue weighted by Gasteiger charge is -2.07. The second-order valence-electron chi connectivity index (χ2n) is 1.68. The summed E-state index contributed by atoms with van der Waals surface area (Å²) in [6.07, 6.45) is 1.26. The van der Waals surface area contributed by atoms with Gasteiger partial charge in [0.1, 0.15) is 0 Å². The Hall–Kier alpha value is 0.0100. The summed E-state index contributed by atoms with van der Waals surface area (Å²) in [6.45, 7) is -0.958. The highest BCUT2D eigenvalue weighted by Gasteiger charge is 2.13. The molecule has 0 aromatic carbocycles. The van der Waals surface area contributed by atoms with E-state index in [-0.39, 0.29) is 0 Å². The largest absolute Gasteiger partial charge is 0.290 e. The van der Waals surface area contributed by atoms with Gasteiger partial charge in [0.15, 0.2) is 0 Å². The summed E-state index contributed by atoms with van der Waals surface area (Å²) in [5.74, 6) is 0.703. The molecule has 0 aromatic rings. The first-order chi connectivity index (χ1) is 4.62. The minimum atomic E-state index is -2.91. The van der Waals surface area contributed by atoms with Gasteiger partial charge in [0.05, 0.1) is 0 Å². The van der Waals surface area contributed by atoms with Gasteiger partial charge in [-0.1, -0.05) is 18.3 Å². The van der Waals surface area contributed by atoms with E-state index in [0.717, 1.165) is 17.8 Å². The van der Waals surface area contributed by atoms with Crippen LogP contribution in [0.3, 0.4) is 0 Å². The molecule has 0 spiro atoms. The molecule has 0 saturated heterocycles. The van der Waals surface area contributed by atoms with Gasteiger partial charge in [-0.25, -0.2) is 0 Å². The van der Waals surface area contributed by atoms with E-state index in [1.165, 1.54) is 0 Å². The summed E-state index contributed by atoms with van der Waals surface area (Å²) < 4.78 is 11.0. The highest BCUT2D eigenvalue weighted by molar-refractivity contribution is 8.56. The van der Waals surface area contributed by atoms with Crippen molar-refractivity contribution in [3.8, 4) is 0 Å². The maximum atomic E-state index is 11.0. The number of amides is 1. The van der Waals surface area contributed by atoms with Crippen molar-refractivity contribution in [2.75, 3.05) is 5.75 Å². The monoisotopic (exact) mass is 182 g/mol. The number of nitrogens with two attached hydrogens (primary N) is 1. The Kier molecular flexibility index (Phi) is 4.77. The highest BCUT2D eigenvalue weighted by atomic mass is 32.7. The third kappa shape index (κ3) is 4.85. The topological polar surface area (TPSA) is 72.2 Å². The molecule has 10 heavy (non-hydrogen) atoms. The van der Waals surface area contributed by atoms with Crippen molar-refractivity contribution in [3.05, 3.63) is 0 Å². The van der Waals surface area contributed by atoms with Crippen LogP contribution >= 0.6 is 18.0 Å². The predicted molar refractivity (Wildman–Crippen MR) is 43.7 cm³/mol. The fourth-order valence-corrected chi connectivity index (χ4v) is 2.73. The molecule has 1 atom stereocenters. The molecular weight excluding hydrogens is 171 g/mol. The van der Waals surface area contributed by atoms with E-state index in [2.05, 4.69) is 5.09 Å². The molecule has 0 aromatic heterocycles. The number of nitrogens with one attached hydrogen (secondary N) is 1. The molecule has 0 aliphatic rings. The molecule has 3 N–H and O–H groups in total. The maximum Gasteiger partial charge on any atom is 0.289 e. The zero-order valence-corrected chi connectivity index (χ0v) is 7.45. The average Bonchev–Trinajstić information content (AvgIpc) is 1.84. The molecule has 0 radical (unpaired) electrons. The van der Waals surface area contributed by atoms with Gasteiger partial charge in [0, 0.05) is 5.75 Å². The molecule has 1 unspecified atom stereocenters. The number of carbonyl (C=O) groups is 1. The third-order valence-corrected chi connectivity index (χ3v) is 4.17. The van der Waals surface area contributed by atoms with Crippen LogP contribution in [0.5, 0.6) is 0 Å². The minimum absolute atomic E-state index is 0.365. The lowest BCUT2D eigenvalue weighted by molar-refractivity contribution is -0.108. The highest BCUT2D eigenvalue weighted by Crippen LogP contribution is 2.46. The molecule has 6 heteroatoms. The number of rotatable bonds is 5. The van der Waals surface area contributed by atoms with Crippen molar-refractivity contribution in [1.29, 1.82) is 0 Å². The van der Waals surface area contributed by atoms with Crippen LogP contribution in [0.15, 0.2) is 0 Å². The molecular formula is C4H11N2O2PS. The molecule has 0 aliphatic heterocycles. The summed E-state index contributed by atoms with van der Waals surface area (Å²) in [6, 6.07) is 0. The van der Waals surface area contributed by atoms with E-state index in [0.29, 0.717) is 12.2 Å². The van der Waals surface area contributed by atoms with E-state index in [1.54, 1.807) is 0 Å². The second kappa shape index (κ2) is 4.77. The van der Waals surface area contributed by atoms with E-state index in [9.17, 15) is 9.36 Å². The molecule has 0 rings (SSSR count). The first-order valence-corrected chi connectivity index (χ1v) is 6.23. The van der Waals surface area contributed by atoms with Crippen LogP contribution in [0.4, 0.5) is 0 Å². The number of hydrogen-bond acceptors (Lipinski definition) is 3. The van der Waals surface area contributed by atoms with Crippen LogP contribution in [-0.4, -0.2) is 12.2 Å². The molecule has 4 nitrogen and oxygen atoms in total. The van der Waals surface area contributed by atoms with Gasteiger partial charge < -0.3 is 0 Å². The van der Waals surface area contributed by atoms with Crippen LogP contribution in [0.1, 0.15) is 13.3 Å². The normalized spacial score (nSPS) is 15.8. The Morgan fingerprint density at radius 1 is 1.80 bits per heavy atom. The lowest BCUT2D eigenvalue weighted by Crippen LogP contribution is -2.11. The summed E-state index contributed by atoms with van der Waals surface area (Å²) in [7, 11) is 0. The van der Waals surface area contributed by atoms with Gasteiger partial charge in [-0.15, -0.1) is 0 Å². The molecule has 0 fully saturated rings. The first kappa shape index (κ1) is 10.0. The van der Waals surface area contributed by atoms with E-state index in [1.807, 2.05) is 6.92 Å². The van der Waals surface area contributed by atoms with Gasteiger partial charge in [-0.3, -0.25) is 20.0 Å². The summed E-state index contributed by atoms with van der Waals surface area (Å²) in [4.78, 5) is 9.81. The van der Waals surface area contributed by atoms with Crippen LogP contribution in [0.2, 0.25) is 0 Å². The fourth-order valence-electron chi connectivity index (χ4n) is 0.338. The fraction of sp³-hybridized carbons (Fsp3) is 0.750. The van der Waals surface area contributed by atoms with Gasteiger partial charge in [0.25, 0.3) is 6.65 Å². The SMILES string of the molecule is CCCSP(N)(=O)NC=O. The van der Waals surface area contributed by atoms with Gasteiger partial charge >= 0.3 is 0 Å². The van der Waals surface area contributed by atoms with Crippen LogP contribution in [0.25, 0.3) is 0 Å². The average molecular weight is 182 g/mol. The van der Waals surface area contributed by atoms with Crippen molar-refractivity contribution >= 4 is 24.4 Å². The Balaban J connectivity index is 3.63. The molecule has 0 saturated carbocycles. The molecule has 1 amide bonds. The van der Waals surface area contributed by atoms with Crippen LogP contribution < -0.4 is 10.6 Å². The second-order valence-corrected chi connectivity index (χ2v) is 6.20. The van der Waals surface area contributed by atoms with Crippen molar-refractivity contribution in [1.82, 2.24) is 5.09 Å². The van der Waals surface area contributed by atoms with Gasteiger partial charge in [-0.05, 0) is 6.42 Å². The van der Waals surface area contributed by atoms with Crippen molar-refractivity contribution in [3.63, 3.8) is 0 Å². The molecule has 0 heterocycles. The summed E-state index contributed by atoms with van der Waals surface area (Å²) in [5, 5.41) is 2.07. The number of hydrogen-bond donors (Lipinski definition) is 2. The van der Waals surface area contributed by atoms with Crippen molar-refractivity contribution in [2.45, 2.75) is 13.3 Å². The quantitative estimate of drug-likeness (QED) is 0.490. The first-order valence-electron chi connectivity index (χ1n) is 2.87. The standard InChI is InChI=1S/C4H11N2O2PS/c1-2-3-10-9(5,8)6-4-7/h4H,2-3H2,1H3,(H3,5,6,7,8). The van der Waals surface area contributed by atoms with E-state index >= 15 is 0 Å². The van der Waals surface area contributed by atoms with Crippen molar-refractivity contribution < 1.29 is 9.36 Å². The summed E-state index contributed by atoms with van der Waals surface area (Å²) >= 11 is 1.09. The number of carbonyl (C=O) groups excluding carboxylic acids is 1. The van der Waals surface area contributed by atoms with Crippen LogP contribution in [0, 0.1) is 0 Å². The Morgan fingerprint density at radius 2 is 2.40 bits per heavy atom. The zero-order chi connectivity index (χ0) is 8.04. The van der Waals surface area contributed by atoms with Gasteiger partial charge in [0.2, 0.25) is 6.41 Å². The van der Waals surface area contributed by atoms with Crippen molar-refractivity contribution in [2.24, 2.45) is 5.50 Å². The predicted octanol–water partition coefficient (Wildman–Crippen LogP) is 0.942. The third-order valence-electron chi connectivity index (χ3n) is 0.720. The lowest BCUT2D eigenvalue weighted by atomic mass is 10.6. The smallest absolute Gasteiger partial charge is 0.289 e. The Morgan fingerprint density at radius 3 is 2.80 bits per heavy atom. The minimum Gasteiger partial charge on any atom is -0.290 e. The Labute approximate surface area is 64.2 Å². The van der Waals surface area contributed by atoms with Gasteiger partial charge in [-0.2, -0.15) is 0 Å². The molecule has 0 aliphatic carbocycles. The molecule has 60 valence electrons. The summed E-state index contributed by atoms with van der Waals surface area (Å²) in [5.41, 5.74) is 5.19. The Bertz CT molecular complexity index is 152. The zero-order valence-electron chi connectivity index (χ0n) is 5.74. The van der Waals surface area contributed by atoms with Crippen LogP contribution in [-0.2, 0) is 9.36 Å². The maximum absolute atomic E-state index is 11.0. The molecule has 0 bridgehead atoms. The van der Waals surface area contributed by atoms with E-state index < -0.39 is 6.65 Å².